The van der Waals surface area contributed by atoms with Crippen molar-refractivity contribution in [1.29, 1.82) is 0 Å². The van der Waals surface area contributed by atoms with E-state index in [2.05, 4.69) is 15.9 Å². The molecule has 17 heavy (non-hydrogen) atoms. The lowest BCUT2D eigenvalue weighted by molar-refractivity contribution is -0.138. The molecule has 1 aromatic carbocycles. The zero-order valence-electron chi connectivity index (χ0n) is 9.71. The highest BCUT2D eigenvalue weighted by Gasteiger charge is 2.22. The quantitative estimate of drug-likeness (QED) is 0.898. The summed E-state index contributed by atoms with van der Waals surface area (Å²) >= 11 is 3.28. The molecule has 0 fully saturated rings. The zero-order chi connectivity index (χ0) is 13.2. The van der Waals surface area contributed by atoms with Crippen LogP contribution in [0.2, 0.25) is 0 Å². The van der Waals surface area contributed by atoms with E-state index in [4.69, 9.17) is 10.8 Å². The second kappa shape index (κ2) is 5.14. The molecular weight excluding hydrogens is 289 g/mol. The van der Waals surface area contributed by atoms with Gasteiger partial charge in [-0.3, -0.25) is 4.79 Å². The van der Waals surface area contributed by atoms with Gasteiger partial charge in [0.2, 0.25) is 0 Å². The van der Waals surface area contributed by atoms with Crippen LogP contribution in [0.1, 0.15) is 25.0 Å². The van der Waals surface area contributed by atoms with E-state index in [0.717, 1.165) is 5.56 Å². The van der Waals surface area contributed by atoms with Gasteiger partial charge in [0.1, 0.15) is 11.7 Å². The molecule has 0 aromatic heterocycles. The Morgan fingerprint density at radius 2 is 2.18 bits per heavy atom. The first-order valence-electron chi connectivity index (χ1n) is 5.18. The van der Waals surface area contributed by atoms with Crippen molar-refractivity contribution in [1.82, 2.24) is 0 Å². The summed E-state index contributed by atoms with van der Waals surface area (Å²) in [6.45, 7) is 2.94. The molecule has 94 valence electrons. The van der Waals surface area contributed by atoms with Crippen molar-refractivity contribution < 1.29 is 14.3 Å². The van der Waals surface area contributed by atoms with Crippen LogP contribution in [0.3, 0.4) is 0 Å². The van der Waals surface area contributed by atoms with E-state index in [9.17, 15) is 9.18 Å². The molecule has 0 saturated carbocycles. The van der Waals surface area contributed by atoms with Gasteiger partial charge in [-0.15, -0.1) is 0 Å². The van der Waals surface area contributed by atoms with Gasteiger partial charge in [0.05, 0.1) is 0 Å². The molecule has 0 radical (unpaired) electrons. The number of carboxylic acids is 1. The molecule has 1 rings (SSSR count). The second-order valence-electron chi connectivity index (χ2n) is 4.44. The summed E-state index contributed by atoms with van der Waals surface area (Å²) in [4.78, 5) is 10.6. The lowest BCUT2D eigenvalue weighted by atomic mass is 9.97. The molecule has 1 unspecified atom stereocenters. The molecule has 0 bridgehead atoms. The zero-order valence-corrected chi connectivity index (χ0v) is 11.3. The van der Waals surface area contributed by atoms with Crippen molar-refractivity contribution in [3.8, 4) is 0 Å². The maximum atomic E-state index is 13.8. The van der Waals surface area contributed by atoms with Crippen molar-refractivity contribution in [3.05, 3.63) is 33.8 Å². The number of hydrogen-bond acceptors (Lipinski definition) is 2. The van der Waals surface area contributed by atoms with Crippen LogP contribution in [0, 0.1) is 0 Å². The largest absolute Gasteiger partial charge is 0.480 e. The Morgan fingerprint density at radius 1 is 1.59 bits per heavy atom. The summed E-state index contributed by atoms with van der Waals surface area (Å²) in [6, 6.07) is 4.11. The van der Waals surface area contributed by atoms with Gasteiger partial charge < -0.3 is 10.8 Å². The third kappa shape index (κ3) is 3.78. The highest BCUT2D eigenvalue weighted by Crippen LogP contribution is 2.32. The number of alkyl halides is 1. The van der Waals surface area contributed by atoms with Gasteiger partial charge in [-0.25, -0.2) is 4.39 Å². The summed E-state index contributed by atoms with van der Waals surface area (Å²) in [6.07, 6.45) is 0.223. The van der Waals surface area contributed by atoms with Gasteiger partial charge in [-0.1, -0.05) is 28.1 Å². The summed E-state index contributed by atoms with van der Waals surface area (Å²) in [7, 11) is 0. The third-order valence-electron chi connectivity index (χ3n) is 2.45. The number of rotatable bonds is 4. The first kappa shape index (κ1) is 14.1. The Kier molecular flexibility index (Phi) is 4.27. The Hall–Kier alpha value is -0.940. The van der Waals surface area contributed by atoms with E-state index >= 15 is 0 Å². The van der Waals surface area contributed by atoms with E-state index in [1.807, 2.05) is 0 Å². The van der Waals surface area contributed by atoms with Crippen LogP contribution in [0.15, 0.2) is 22.7 Å². The van der Waals surface area contributed by atoms with Gasteiger partial charge in [-0.2, -0.15) is 0 Å². The molecule has 0 aliphatic heterocycles. The summed E-state index contributed by atoms with van der Waals surface area (Å²) in [5.74, 6) is -1.05. The molecule has 1 atom stereocenters. The minimum atomic E-state index is -1.44. The molecule has 0 amide bonds. The number of hydrogen-bond donors (Lipinski definition) is 2. The fourth-order valence-corrected chi connectivity index (χ4v) is 2.41. The Balaban J connectivity index is 2.94. The maximum absolute atomic E-state index is 13.8. The summed E-state index contributed by atoms with van der Waals surface area (Å²) in [5, 5.41) is 8.70. The van der Waals surface area contributed by atoms with Crippen molar-refractivity contribution in [3.63, 3.8) is 0 Å². The second-order valence-corrected chi connectivity index (χ2v) is 5.29. The average molecular weight is 304 g/mol. The highest BCUT2D eigenvalue weighted by molar-refractivity contribution is 9.10. The first-order valence-corrected chi connectivity index (χ1v) is 5.97. The van der Waals surface area contributed by atoms with Crippen LogP contribution >= 0.6 is 15.9 Å². The monoisotopic (exact) mass is 303 g/mol. The van der Waals surface area contributed by atoms with Gasteiger partial charge >= 0.3 is 5.97 Å². The molecule has 3 nitrogen and oxygen atoms in total. The molecule has 0 heterocycles. The molecular formula is C12H15BrFNO2. The fourth-order valence-electron chi connectivity index (χ4n) is 1.51. The van der Waals surface area contributed by atoms with E-state index in [1.165, 1.54) is 13.8 Å². The Labute approximate surface area is 108 Å². The van der Waals surface area contributed by atoms with Crippen LogP contribution in [0.4, 0.5) is 4.39 Å². The molecule has 3 N–H and O–H groups in total. The van der Waals surface area contributed by atoms with Crippen LogP contribution in [-0.2, 0) is 16.9 Å². The van der Waals surface area contributed by atoms with Gasteiger partial charge in [0.15, 0.2) is 0 Å². The molecule has 0 spiro atoms. The van der Waals surface area contributed by atoms with Crippen molar-refractivity contribution >= 4 is 21.9 Å². The molecule has 0 saturated heterocycles. The Morgan fingerprint density at radius 3 is 2.59 bits per heavy atom. The third-order valence-corrected chi connectivity index (χ3v) is 3.10. The average Bonchev–Trinajstić information content (AvgIpc) is 2.15. The fraction of sp³-hybridized carbons (Fsp3) is 0.417. The lowest BCUT2D eigenvalue weighted by Gasteiger charge is -2.17. The van der Waals surface area contributed by atoms with Gasteiger partial charge in [0.25, 0.3) is 0 Å². The number of carboxylic acid groups (broad SMARTS) is 1. The van der Waals surface area contributed by atoms with E-state index < -0.39 is 17.7 Å². The van der Waals surface area contributed by atoms with Crippen molar-refractivity contribution in [2.45, 2.75) is 32.0 Å². The van der Waals surface area contributed by atoms with Gasteiger partial charge in [-0.05, 0) is 31.9 Å². The smallest absolute Gasteiger partial charge is 0.320 e. The minimum Gasteiger partial charge on any atom is -0.480 e. The van der Waals surface area contributed by atoms with E-state index in [1.54, 1.807) is 18.2 Å². The number of halogens is 2. The first-order chi connectivity index (χ1) is 7.71. The predicted molar refractivity (Wildman–Crippen MR) is 67.6 cm³/mol. The summed E-state index contributed by atoms with van der Waals surface area (Å²) < 4.78 is 14.4. The van der Waals surface area contributed by atoms with Crippen LogP contribution in [0.5, 0.6) is 0 Å². The molecule has 0 aliphatic carbocycles. The van der Waals surface area contributed by atoms with Gasteiger partial charge in [0, 0.05) is 10.0 Å². The number of aliphatic carboxylic acids is 1. The normalized spacial score (nSPS) is 13.5. The van der Waals surface area contributed by atoms with E-state index in [-0.39, 0.29) is 6.42 Å². The lowest BCUT2D eigenvalue weighted by Crippen LogP contribution is -2.32. The SMILES string of the molecule is CC(C)(F)c1ccc(CC(N)C(=O)O)cc1Br. The van der Waals surface area contributed by atoms with Crippen LogP contribution in [-0.4, -0.2) is 17.1 Å². The van der Waals surface area contributed by atoms with Crippen LogP contribution in [0.25, 0.3) is 0 Å². The number of benzene rings is 1. The topological polar surface area (TPSA) is 63.3 Å². The maximum Gasteiger partial charge on any atom is 0.320 e. The minimum absolute atomic E-state index is 0.223. The highest BCUT2D eigenvalue weighted by atomic mass is 79.9. The molecule has 5 heteroatoms. The molecule has 1 aromatic rings. The standard InChI is InChI=1S/C12H15BrFNO2/c1-12(2,14)8-4-3-7(5-9(8)13)6-10(15)11(16)17/h3-5,10H,6,15H2,1-2H3,(H,16,17). The number of nitrogens with two attached hydrogens (primary N) is 1. The van der Waals surface area contributed by atoms with E-state index in [0.29, 0.717) is 10.0 Å². The number of carbonyl (C=O) groups is 1. The van der Waals surface area contributed by atoms with Crippen molar-refractivity contribution in [2.75, 3.05) is 0 Å². The molecule has 0 aliphatic rings. The predicted octanol–water partition coefficient (Wildman–Crippen LogP) is 2.61. The summed E-state index contributed by atoms with van der Waals surface area (Å²) in [5.41, 5.74) is 5.29. The Bertz CT molecular complexity index is 429. The van der Waals surface area contributed by atoms with Crippen molar-refractivity contribution in [2.24, 2.45) is 5.73 Å². The van der Waals surface area contributed by atoms with Crippen LogP contribution < -0.4 is 5.73 Å².